The van der Waals surface area contributed by atoms with Crippen molar-refractivity contribution in [1.29, 1.82) is 0 Å². The minimum absolute atomic E-state index is 0.0601. The van der Waals surface area contributed by atoms with E-state index in [1.165, 1.54) is 12.1 Å². The molecule has 8 heteroatoms. The number of likely N-dealkylation sites (tertiary alicyclic amines) is 1. The summed E-state index contributed by atoms with van der Waals surface area (Å²) < 4.78 is 37.2. The van der Waals surface area contributed by atoms with Crippen LogP contribution in [-0.4, -0.2) is 51.2 Å². The first kappa shape index (κ1) is 18.8. The van der Waals surface area contributed by atoms with Crippen molar-refractivity contribution < 1.29 is 17.6 Å². The first-order valence-electron chi connectivity index (χ1n) is 8.02. The Kier molecular flexibility index (Phi) is 6.70. The smallest absolute Gasteiger partial charge is 0.221 e. The Hall–Kier alpha value is -1.51. The molecule has 1 aromatic rings. The molecule has 0 aliphatic carbocycles. The normalized spacial score (nSPS) is 19.2. The molecule has 1 saturated heterocycles. The summed E-state index contributed by atoms with van der Waals surface area (Å²) in [5.41, 5.74) is 1.04. The van der Waals surface area contributed by atoms with E-state index >= 15 is 0 Å². The molecule has 1 heterocycles. The molecule has 1 aromatic carbocycles. The Labute approximate surface area is 142 Å². The van der Waals surface area contributed by atoms with Gasteiger partial charge in [-0.2, -0.15) is 0 Å². The second kappa shape index (κ2) is 8.55. The molecule has 2 N–H and O–H groups in total. The van der Waals surface area contributed by atoms with Gasteiger partial charge >= 0.3 is 0 Å². The number of carbonyl (C=O) groups excluding carboxylic acids is 1. The molecule has 6 nitrogen and oxygen atoms in total. The number of amides is 1. The van der Waals surface area contributed by atoms with Crippen molar-refractivity contribution in [2.75, 3.05) is 25.9 Å². The largest absolute Gasteiger partial charge is 0.352 e. The van der Waals surface area contributed by atoms with Gasteiger partial charge < -0.3 is 5.32 Å². The lowest BCUT2D eigenvalue weighted by molar-refractivity contribution is -0.122. The van der Waals surface area contributed by atoms with Gasteiger partial charge in [-0.15, -0.1) is 0 Å². The molecular formula is C16H24FN3O3S. The zero-order valence-electron chi connectivity index (χ0n) is 13.8. The van der Waals surface area contributed by atoms with Crippen molar-refractivity contribution >= 4 is 15.9 Å². The van der Waals surface area contributed by atoms with Gasteiger partial charge in [0.2, 0.25) is 15.9 Å². The van der Waals surface area contributed by atoms with Gasteiger partial charge in [0, 0.05) is 32.1 Å². The summed E-state index contributed by atoms with van der Waals surface area (Å²) in [4.78, 5) is 14.1. The molecule has 0 saturated carbocycles. The molecule has 2 rings (SSSR count). The van der Waals surface area contributed by atoms with E-state index < -0.39 is 10.0 Å². The Bertz CT molecular complexity index is 649. The van der Waals surface area contributed by atoms with Crippen LogP contribution in [0.15, 0.2) is 24.3 Å². The van der Waals surface area contributed by atoms with Gasteiger partial charge in [0.1, 0.15) is 5.82 Å². The highest BCUT2D eigenvalue weighted by Gasteiger charge is 2.21. The van der Waals surface area contributed by atoms with Crippen LogP contribution in [0.3, 0.4) is 0 Å². The number of benzene rings is 1. The molecule has 0 radical (unpaired) electrons. The second-order valence-corrected chi connectivity index (χ2v) is 8.02. The van der Waals surface area contributed by atoms with Crippen molar-refractivity contribution in [3.05, 3.63) is 35.6 Å². The molecule has 0 aromatic heterocycles. The number of nitrogens with one attached hydrogen (secondary N) is 2. The third kappa shape index (κ3) is 6.94. The highest BCUT2D eigenvalue weighted by atomic mass is 32.2. The Morgan fingerprint density at radius 3 is 2.71 bits per heavy atom. The monoisotopic (exact) mass is 357 g/mol. The third-order valence-corrected chi connectivity index (χ3v) is 4.63. The standard InChI is InChI=1S/C16H24FN3O3S/c1-24(22,23)18-9-8-16(21)19-15-3-2-10-20(12-15)11-13-4-6-14(17)7-5-13/h4-7,15,18H,2-3,8-12H2,1H3,(H,19,21)/t15-/m1/s1. The summed E-state index contributed by atoms with van der Waals surface area (Å²) >= 11 is 0. The van der Waals surface area contributed by atoms with Crippen LogP contribution in [0.4, 0.5) is 4.39 Å². The summed E-state index contributed by atoms with van der Waals surface area (Å²) in [6.45, 7) is 2.51. The van der Waals surface area contributed by atoms with Gasteiger partial charge in [0.15, 0.2) is 0 Å². The molecule has 1 aliphatic heterocycles. The van der Waals surface area contributed by atoms with Gasteiger partial charge in [-0.3, -0.25) is 9.69 Å². The number of hydrogen-bond acceptors (Lipinski definition) is 4. The highest BCUT2D eigenvalue weighted by Crippen LogP contribution is 2.14. The average Bonchev–Trinajstić information content (AvgIpc) is 2.48. The number of halogens is 1. The third-order valence-electron chi connectivity index (χ3n) is 3.91. The van der Waals surface area contributed by atoms with E-state index in [0.717, 1.165) is 44.3 Å². The van der Waals surface area contributed by atoms with Gasteiger partial charge in [0.25, 0.3) is 0 Å². The average molecular weight is 357 g/mol. The van der Waals surface area contributed by atoms with E-state index in [9.17, 15) is 17.6 Å². The number of rotatable bonds is 7. The van der Waals surface area contributed by atoms with E-state index in [2.05, 4.69) is 14.9 Å². The maximum absolute atomic E-state index is 12.9. The lowest BCUT2D eigenvalue weighted by Gasteiger charge is -2.33. The minimum atomic E-state index is -3.26. The summed E-state index contributed by atoms with van der Waals surface area (Å²) in [7, 11) is -3.26. The fourth-order valence-corrected chi connectivity index (χ4v) is 3.29. The van der Waals surface area contributed by atoms with Crippen LogP contribution >= 0.6 is 0 Å². The predicted octanol–water partition coefficient (Wildman–Crippen LogP) is 0.846. The van der Waals surface area contributed by atoms with Crippen molar-refractivity contribution in [3.8, 4) is 0 Å². The molecule has 1 fully saturated rings. The fourth-order valence-electron chi connectivity index (χ4n) is 2.81. The molecule has 1 atom stereocenters. The van der Waals surface area contributed by atoms with Gasteiger partial charge in [-0.1, -0.05) is 12.1 Å². The van der Waals surface area contributed by atoms with E-state index in [4.69, 9.17) is 0 Å². The number of sulfonamides is 1. The summed E-state index contributed by atoms with van der Waals surface area (Å²) in [6, 6.07) is 6.51. The summed E-state index contributed by atoms with van der Waals surface area (Å²) in [5, 5.41) is 2.95. The maximum atomic E-state index is 12.9. The zero-order chi connectivity index (χ0) is 17.6. The van der Waals surface area contributed by atoms with Crippen LogP contribution in [-0.2, 0) is 21.4 Å². The van der Waals surface area contributed by atoms with Gasteiger partial charge in [0.05, 0.1) is 6.26 Å². The lowest BCUT2D eigenvalue weighted by atomic mass is 10.0. The SMILES string of the molecule is CS(=O)(=O)NCCC(=O)N[C@@H]1CCCN(Cc2ccc(F)cc2)C1. The van der Waals surface area contributed by atoms with Gasteiger partial charge in [-0.25, -0.2) is 17.5 Å². The van der Waals surface area contributed by atoms with Crippen LogP contribution in [0.5, 0.6) is 0 Å². The van der Waals surface area contributed by atoms with Crippen LogP contribution < -0.4 is 10.0 Å². The summed E-state index contributed by atoms with van der Waals surface area (Å²) in [6.07, 6.45) is 3.08. The Morgan fingerprint density at radius 1 is 1.33 bits per heavy atom. The predicted molar refractivity (Wildman–Crippen MR) is 90.3 cm³/mol. The molecule has 24 heavy (non-hydrogen) atoms. The number of hydrogen-bond donors (Lipinski definition) is 2. The molecular weight excluding hydrogens is 333 g/mol. The van der Waals surface area contributed by atoms with Crippen LogP contribution in [0.1, 0.15) is 24.8 Å². The first-order chi connectivity index (χ1) is 11.3. The van der Waals surface area contributed by atoms with Crippen molar-refractivity contribution in [1.82, 2.24) is 14.9 Å². The van der Waals surface area contributed by atoms with Crippen LogP contribution in [0, 0.1) is 5.82 Å². The number of piperidine rings is 1. The molecule has 0 unspecified atom stereocenters. The van der Waals surface area contributed by atoms with Gasteiger partial charge in [-0.05, 0) is 37.1 Å². The molecule has 1 amide bonds. The maximum Gasteiger partial charge on any atom is 0.221 e. The van der Waals surface area contributed by atoms with Crippen molar-refractivity contribution in [2.45, 2.75) is 31.8 Å². The molecule has 134 valence electrons. The van der Waals surface area contributed by atoms with E-state index in [1.807, 2.05) is 0 Å². The second-order valence-electron chi connectivity index (χ2n) is 6.18. The highest BCUT2D eigenvalue weighted by molar-refractivity contribution is 7.88. The fraction of sp³-hybridized carbons (Fsp3) is 0.562. The van der Waals surface area contributed by atoms with E-state index in [1.54, 1.807) is 12.1 Å². The van der Waals surface area contributed by atoms with E-state index in [-0.39, 0.29) is 30.7 Å². The molecule has 0 bridgehead atoms. The van der Waals surface area contributed by atoms with Crippen LogP contribution in [0.2, 0.25) is 0 Å². The van der Waals surface area contributed by atoms with E-state index in [0.29, 0.717) is 0 Å². The lowest BCUT2D eigenvalue weighted by Crippen LogP contribution is -2.47. The topological polar surface area (TPSA) is 78.5 Å². The Balaban J connectivity index is 1.76. The van der Waals surface area contributed by atoms with Crippen LogP contribution in [0.25, 0.3) is 0 Å². The van der Waals surface area contributed by atoms with Crippen molar-refractivity contribution in [3.63, 3.8) is 0 Å². The minimum Gasteiger partial charge on any atom is -0.352 e. The van der Waals surface area contributed by atoms with Crippen molar-refractivity contribution in [2.24, 2.45) is 0 Å². The number of nitrogens with zero attached hydrogens (tertiary/aromatic N) is 1. The summed E-state index contributed by atoms with van der Waals surface area (Å²) in [5.74, 6) is -0.398. The quantitative estimate of drug-likeness (QED) is 0.758. The zero-order valence-corrected chi connectivity index (χ0v) is 14.6. The first-order valence-corrected chi connectivity index (χ1v) is 9.92. The molecule has 0 spiro atoms. The molecule has 1 aliphatic rings. The Morgan fingerprint density at radius 2 is 2.04 bits per heavy atom. The number of carbonyl (C=O) groups is 1.